The Labute approximate surface area is 538 Å². The summed E-state index contributed by atoms with van der Waals surface area (Å²) in [5.74, 6) is -0.0138. The van der Waals surface area contributed by atoms with Crippen LogP contribution in [0.3, 0.4) is 0 Å². The van der Waals surface area contributed by atoms with Crippen LogP contribution in [0.5, 0.6) is 0 Å². The molecule has 0 rings (SSSR count). The molecule has 0 fully saturated rings. The van der Waals surface area contributed by atoms with Crippen LogP contribution in [0.1, 0.15) is 438 Å². The molecule has 0 aliphatic heterocycles. The summed E-state index contributed by atoms with van der Waals surface area (Å²) in [6.07, 6.45) is 98.0. The molecule has 0 saturated carbocycles. The van der Waals surface area contributed by atoms with Gasteiger partial charge in [0, 0.05) is 12.8 Å². The molecule has 0 spiro atoms. The lowest BCUT2D eigenvalue weighted by molar-refractivity contribution is -0.143. The first-order chi connectivity index (χ1) is 42.5. The number of unbranched alkanes of at least 4 members (excludes halogenated alkanes) is 57. The third-order valence-corrected chi connectivity index (χ3v) is 18.4. The van der Waals surface area contributed by atoms with Crippen LogP contribution in [0.2, 0.25) is 0 Å². The SMILES string of the molecule is CCCCC/C=C\C/C=C\CCCCCCCCCCCC(=O)OCCCCCCCCCCCCCC/C=C\CCCCCCCCCCCCCCCCCC(=O)NC(CO)C(O)CCCCCCCCCCCCCCCCCCCCC. The zero-order chi connectivity index (χ0) is 62.0. The number of carbonyl (C=O) groups excluding carboxylic acids is 2. The van der Waals surface area contributed by atoms with Crippen molar-refractivity contribution in [2.24, 2.45) is 0 Å². The van der Waals surface area contributed by atoms with Gasteiger partial charge in [0.1, 0.15) is 0 Å². The number of aliphatic hydroxyl groups is 2. The first-order valence-electron chi connectivity index (χ1n) is 39.2. The highest BCUT2D eigenvalue weighted by atomic mass is 16.5. The van der Waals surface area contributed by atoms with Gasteiger partial charge in [-0.25, -0.2) is 0 Å². The maximum Gasteiger partial charge on any atom is 0.305 e. The summed E-state index contributed by atoms with van der Waals surface area (Å²) in [6.45, 7) is 4.97. The lowest BCUT2D eigenvalue weighted by Gasteiger charge is -2.22. The predicted octanol–water partition coefficient (Wildman–Crippen LogP) is 25.8. The van der Waals surface area contributed by atoms with Gasteiger partial charge in [-0.2, -0.15) is 0 Å². The zero-order valence-electron chi connectivity index (χ0n) is 58.3. The Hall–Kier alpha value is -1.92. The molecule has 1 amide bonds. The molecule has 0 aliphatic rings. The molecule has 0 bridgehead atoms. The van der Waals surface area contributed by atoms with Crippen molar-refractivity contribution in [1.29, 1.82) is 0 Å². The molecular weight excluding hydrogens is 1050 g/mol. The van der Waals surface area contributed by atoms with Gasteiger partial charge in [0.25, 0.3) is 0 Å². The Morgan fingerprint density at radius 2 is 0.581 bits per heavy atom. The van der Waals surface area contributed by atoms with Gasteiger partial charge in [-0.05, 0) is 83.5 Å². The van der Waals surface area contributed by atoms with Crippen molar-refractivity contribution in [1.82, 2.24) is 5.32 Å². The molecule has 0 aromatic heterocycles. The first kappa shape index (κ1) is 84.1. The number of amides is 1. The summed E-state index contributed by atoms with van der Waals surface area (Å²) in [5.41, 5.74) is 0. The van der Waals surface area contributed by atoms with Crippen LogP contribution in [0.15, 0.2) is 36.5 Å². The largest absolute Gasteiger partial charge is 0.466 e. The molecule has 2 unspecified atom stereocenters. The number of hydrogen-bond donors (Lipinski definition) is 3. The van der Waals surface area contributed by atoms with Gasteiger partial charge in [-0.1, -0.05) is 378 Å². The number of hydrogen-bond acceptors (Lipinski definition) is 5. The summed E-state index contributed by atoms with van der Waals surface area (Å²) in [6, 6.07) is -0.541. The third-order valence-electron chi connectivity index (χ3n) is 18.4. The van der Waals surface area contributed by atoms with Crippen molar-refractivity contribution in [2.75, 3.05) is 13.2 Å². The molecule has 0 radical (unpaired) electrons. The summed E-state index contributed by atoms with van der Waals surface area (Å²) in [7, 11) is 0. The lowest BCUT2D eigenvalue weighted by atomic mass is 10.0. The number of rotatable bonds is 74. The van der Waals surface area contributed by atoms with Gasteiger partial charge in [0.05, 0.1) is 25.4 Å². The Kier molecular flexibility index (Phi) is 73.9. The maximum atomic E-state index is 12.6. The van der Waals surface area contributed by atoms with E-state index in [-0.39, 0.29) is 18.5 Å². The number of allylic oxidation sites excluding steroid dienone is 6. The smallest absolute Gasteiger partial charge is 0.305 e. The molecule has 0 aromatic carbocycles. The van der Waals surface area contributed by atoms with Crippen LogP contribution in [0.25, 0.3) is 0 Å². The Morgan fingerprint density at radius 1 is 0.326 bits per heavy atom. The van der Waals surface area contributed by atoms with E-state index in [1.165, 1.54) is 353 Å². The van der Waals surface area contributed by atoms with Gasteiger partial charge in [-0.15, -0.1) is 0 Å². The topological polar surface area (TPSA) is 95.9 Å². The maximum absolute atomic E-state index is 12.6. The van der Waals surface area contributed by atoms with Crippen molar-refractivity contribution in [3.63, 3.8) is 0 Å². The molecule has 6 nitrogen and oxygen atoms in total. The highest BCUT2D eigenvalue weighted by molar-refractivity contribution is 5.76. The summed E-state index contributed by atoms with van der Waals surface area (Å²) in [4.78, 5) is 24.7. The standard InChI is InChI=1S/C80H153NO5/c1-3-5-7-9-11-13-15-17-19-21-36-40-44-48-52-56-60-64-68-72-78(83)77(76-82)81-79(84)73-69-65-61-57-53-49-45-41-38-34-32-30-28-26-24-23-25-27-29-31-33-35-39-43-47-51-55-59-63-67-71-75-86-80(85)74-70-66-62-58-54-50-46-42-37-22-20-18-16-14-12-10-8-6-4-2/h12,14,18,20,25,27,77-78,82-83H,3-11,13,15-17,19,21-24,26,28-76H2,1-2H3,(H,81,84)/b14-12-,20-18-,27-25-. The van der Waals surface area contributed by atoms with Gasteiger partial charge >= 0.3 is 5.97 Å². The van der Waals surface area contributed by atoms with Crippen molar-refractivity contribution in [3.8, 4) is 0 Å². The number of ether oxygens (including phenoxy) is 1. The van der Waals surface area contributed by atoms with E-state index in [1.54, 1.807) is 0 Å². The predicted molar refractivity (Wildman–Crippen MR) is 379 cm³/mol. The Bertz CT molecular complexity index is 1390. The van der Waals surface area contributed by atoms with Crippen molar-refractivity contribution >= 4 is 11.9 Å². The van der Waals surface area contributed by atoms with E-state index in [0.29, 0.717) is 25.9 Å². The van der Waals surface area contributed by atoms with Crippen LogP contribution in [0, 0.1) is 0 Å². The molecule has 0 saturated heterocycles. The molecule has 3 N–H and O–H groups in total. The van der Waals surface area contributed by atoms with Crippen LogP contribution in [-0.4, -0.2) is 47.4 Å². The second-order valence-electron chi connectivity index (χ2n) is 27.0. The van der Waals surface area contributed by atoms with Crippen LogP contribution in [0.4, 0.5) is 0 Å². The third kappa shape index (κ3) is 71.2. The quantitative estimate of drug-likeness (QED) is 0.0320. The van der Waals surface area contributed by atoms with E-state index in [9.17, 15) is 19.8 Å². The molecule has 2 atom stereocenters. The van der Waals surface area contributed by atoms with Gasteiger partial charge in [0.15, 0.2) is 0 Å². The second-order valence-corrected chi connectivity index (χ2v) is 27.0. The first-order valence-corrected chi connectivity index (χ1v) is 39.2. The number of nitrogens with one attached hydrogen (secondary N) is 1. The van der Waals surface area contributed by atoms with Gasteiger partial charge in [0.2, 0.25) is 5.91 Å². The monoisotopic (exact) mass is 1210 g/mol. The van der Waals surface area contributed by atoms with Gasteiger partial charge < -0.3 is 20.3 Å². The summed E-state index contributed by atoms with van der Waals surface area (Å²) in [5, 5.41) is 23.4. The second kappa shape index (κ2) is 75.5. The highest BCUT2D eigenvalue weighted by Crippen LogP contribution is 2.20. The van der Waals surface area contributed by atoms with Crippen molar-refractivity contribution in [2.45, 2.75) is 450 Å². The highest BCUT2D eigenvalue weighted by Gasteiger charge is 2.20. The van der Waals surface area contributed by atoms with Crippen LogP contribution >= 0.6 is 0 Å². The molecular formula is C80H153NO5. The Balaban J connectivity index is 3.35. The fourth-order valence-corrected chi connectivity index (χ4v) is 12.4. The van der Waals surface area contributed by atoms with E-state index < -0.39 is 12.1 Å². The number of carbonyl (C=O) groups is 2. The van der Waals surface area contributed by atoms with Crippen LogP contribution in [-0.2, 0) is 14.3 Å². The Morgan fingerprint density at radius 3 is 0.919 bits per heavy atom. The molecule has 0 aliphatic carbocycles. The average molecular weight is 1210 g/mol. The van der Waals surface area contributed by atoms with Crippen molar-refractivity contribution in [3.05, 3.63) is 36.5 Å². The van der Waals surface area contributed by atoms with Crippen LogP contribution < -0.4 is 5.32 Å². The van der Waals surface area contributed by atoms with E-state index in [4.69, 9.17) is 4.74 Å². The number of aliphatic hydroxyl groups excluding tert-OH is 2. The molecule has 0 aromatic rings. The normalized spacial score (nSPS) is 12.7. The number of esters is 1. The minimum atomic E-state index is -0.664. The van der Waals surface area contributed by atoms with Crippen molar-refractivity contribution < 1.29 is 24.5 Å². The van der Waals surface area contributed by atoms with E-state index >= 15 is 0 Å². The van der Waals surface area contributed by atoms with E-state index in [1.807, 2.05) is 0 Å². The minimum absolute atomic E-state index is 0.0147. The van der Waals surface area contributed by atoms with E-state index in [0.717, 1.165) is 51.4 Å². The molecule has 0 heterocycles. The lowest BCUT2D eigenvalue weighted by Crippen LogP contribution is -2.45. The minimum Gasteiger partial charge on any atom is -0.466 e. The van der Waals surface area contributed by atoms with E-state index in [2.05, 4.69) is 55.6 Å². The summed E-state index contributed by atoms with van der Waals surface area (Å²) >= 11 is 0. The fourth-order valence-electron chi connectivity index (χ4n) is 12.4. The molecule has 508 valence electrons. The molecule has 6 heteroatoms. The summed E-state index contributed by atoms with van der Waals surface area (Å²) < 4.78 is 5.51. The van der Waals surface area contributed by atoms with Gasteiger partial charge in [-0.3, -0.25) is 9.59 Å². The fraction of sp³-hybridized carbons (Fsp3) is 0.900. The molecule has 86 heavy (non-hydrogen) atoms. The zero-order valence-corrected chi connectivity index (χ0v) is 58.3. The average Bonchev–Trinajstić information content (AvgIpc) is 3.54.